The molecule has 0 N–H and O–H groups in total. The van der Waals surface area contributed by atoms with Crippen LogP contribution in [0.1, 0.15) is 47.6 Å². The third-order valence-corrected chi connectivity index (χ3v) is 6.80. The molecule has 1 aromatic carbocycles. The van der Waals surface area contributed by atoms with Crippen LogP contribution in [0, 0.1) is 12.8 Å². The molecule has 174 valence electrons. The number of aryl methyl sites for hydroxylation is 1. The van der Waals surface area contributed by atoms with Gasteiger partial charge in [0.25, 0.3) is 10.1 Å². The summed E-state index contributed by atoms with van der Waals surface area (Å²) in [6.45, 7) is 4.04. The number of pyridine rings is 1. The first kappa shape index (κ1) is 23.1. The first-order chi connectivity index (χ1) is 15.8. The van der Waals surface area contributed by atoms with Crippen LogP contribution in [0.15, 0.2) is 54.7 Å². The zero-order valence-electron chi connectivity index (χ0n) is 18.7. The number of aromatic nitrogens is 3. The highest BCUT2D eigenvalue weighted by molar-refractivity contribution is 7.85. The lowest BCUT2D eigenvalue weighted by Crippen LogP contribution is -2.31. The molecule has 0 bridgehead atoms. The topological polar surface area (TPSA) is 100 Å². The molecule has 1 aliphatic carbocycles. The average molecular weight is 470 g/mol. The molecular weight excluding hydrogens is 442 g/mol. The molecule has 0 radical (unpaired) electrons. The molecule has 4 rings (SSSR count). The number of benzene rings is 1. The SMILES string of the molecule is CCOC(=O)c1nn(C2CC(COS(=O)(=O)Cc3ccccc3)C2)cc1-c1cccc(C)n1. The Morgan fingerprint density at radius 3 is 2.58 bits per heavy atom. The fourth-order valence-electron chi connectivity index (χ4n) is 3.88. The summed E-state index contributed by atoms with van der Waals surface area (Å²) in [6, 6.07) is 14.6. The van der Waals surface area contributed by atoms with Crippen LogP contribution in [-0.4, -0.2) is 42.4 Å². The van der Waals surface area contributed by atoms with Crippen molar-refractivity contribution in [2.75, 3.05) is 13.2 Å². The zero-order chi connectivity index (χ0) is 23.4. The lowest BCUT2D eigenvalue weighted by atomic mass is 9.81. The summed E-state index contributed by atoms with van der Waals surface area (Å²) in [7, 11) is -3.64. The van der Waals surface area contributed by atoms with Gasteiger partial charge < -0.3 is 4.74 Å². The molecule has 3 aromatic rings. The van der Waals surface area contributed by atoms with Gasteiger partial charge in [0.15, 0.2) is 5.69 Å². The van der Waals surface area contributed by atoms with Crippen molar-refractivity contribution >= 4 is 16.1 Å². The highest BCUT2D eigenvalue weighted by atomic mass is 32.2. The van der Waals surface area contributed by atoms with Gasteiger partial charge in [-0.2, -0.15) is 13.5 Å². The summed E-state index contributed by atoms with van der Waals surface area (Å²) in [5.41, 5.74) is 3.06. The molecule has 1 fully saturated rings. The fourth-order valence-corrected chi connectivity index (χ4v) is 4.97. The van der Waals surface area contributed by atoms with E-state index in [1.807, 2.05) is 37.4 Å². The Morgan fingerprint density at radius 2 is 1.88 bits per heavy atom. The molecule has 2 heterocycles. The maximum atomic E-state index is 12.5. The van der Waals surface area contributed by atoms with Crippen molar-refractivity contribution < 1.29 is 22.1 Å². The van der Waals surface area contributed by atoms with E-state index < -0.39 is 16.1 Å². The number of hydrogen-bond donors (Lipinski definition) is 0. The predicted molar refractivity (Wildman–Crippen MR) is 123 cm³/mol. The van der Waals surface area contributed by atoms with Gasteiger partial charge in [0.05, 0.1) is 30.5 Å². The Hall–Kier alpha value is -3.04. The summed E-state index contributed by atoms with van der Waals surface area (Å²) in [5, 5.41) is 4.50. The van der Waals surface area contributed by atoms with Gasteiger partial charge in [0, 0.05) is 11.9 Å². The Balaban J connectivity index is 1.40. The monoisotopic (exact) mass is 469 g/mol. The van der Waals surface area contributed by atoms with Crippen LogP contribution in [0.3, 0.4) is 0 Å². The van der Waals surface area contributed by atoms with E-state index in [9.17, 15) is 13.2 Å². The second-order valence-electron chi connectivity index (χ2n) is 8.22. The minimum Gasteiger partial charge on any atom is -0.461 e. The van der Waals surface area contributed by atoms with Crippen molar-refractivity contribution in [2.24, 2.45) is 5.92 Å². The number of carbonyl (C=O) groups is 1. The molecule has 2 aromatic heterocycles. The van der Waals surface area contributed by atoms with E-state index in [1.54, 1.807) is 35.9 Å². The van der Waals surface area contributed by atoms with E-state index in [0.29, 0.717) is 29.7 Å². The Labute approximate surface area is 193 Å². The molecule has 33 heavy (non-hydrogen) atoms. The largest absolute Gasteiger partial charge is 0.461 e. The third kappa shape index (κ3) is 5.66. The smallest absolute Gasteiger partial charge is 0.359 e. The summed E-state index contributed by atoms with van der Waals surface area (Å²) >= 11 is 0. The van der Waals surface area contributed by atoms with Crippen LogP contribution >= 0.6 is 0 Å². The van der Waals surface area contributed by atoms with Gasteiger partial charge >= 0.3 is 5.97 Å². The van der Waals surface area contributed by atoms with Crippen LogP contribution in [-0.2, 0) is 24.8 Å². The predicted octanol–water partition coefficient (Wildman–Crippen LogP) is 3.93. The number of rotatable bonds is 9. The highest BCUT2D eigenvalue weighted by Crippen LogP contribution is 2.39. The second-order valence-corrected chi connectivity index (χ2v) is 9.86. The summed E-state index contributed by atoms with van der Waals surface area (Å²) < 4.78 is 36.7. The van der Waals surface area contributed by atoms with Crippen LogP contribution < -0.4 is 0 Å². The van der Waals surface area contributed by atoms with Crippen molar-refractivity contribution in [1.82, 2.24) is 14.8 Å². The van der Waals surface area contributed by atoms with Gasteiger partial charge in [-0.1, -0.05) is 36.4 Å². The number of nitrogens with zero attached hydrogens (tertiary/aromatic N) is 3. The van der Waals surface area contributed by atoms with E-state index in [-0.39, 0.29) is 36.6 Å². The highest BCUT2D eigenvalue weighted by Gasteiger charge is 2.34. The summed E-state index contributed by atoms with van der Waals surface area (Å²) in [6.07, 6.45) is 3.25. The molecule has 1 aliphatic rings. The molecule has 9 heteroatoms. The minimum atomic E-state index is -3.64. The summed E-state index contributed by atoms with van der Waals surface area (Å²) in [5.74, 6) is -0.518. The average Bonchev–Trinajstić information content (AvgIpc) is 3.18. The Morgan fingerprint density at radius 1 is 1.12 bits per heavy atom. The Bertz CT molecular complexity index is 1220. The van der Waals surface area contributed by atoms with Crippen LogP contribution in [0.4, 0.5) is 0 Å². The maximum Gasteiger partial charge on any atom is 0.359 e. The molecule has 1 saturated carbocycles. The van der Waals surface area contributed by atoms with Crippen molar-refractivity contribution in [3.8, 4) is 11.3 Å². The molecule has 0 amide bonds. The van der Waals surface area contributed by atoms with Gasteiger partial charge in [-0.05, 0) is 50.3 Å². The van der Waals surface area contributed by atoms with Crippen LogP contribution in [0.2, 0.25) is 0 Å². The normalized spacial score (nSPS) is 18.0. The number of ether oxygens (including phenoxy) is 1. The van der Waals surface area contributed by atoms with Crippen molar-refractivity contribution in [3.63, 3.8) is 0 Å². The minimum absolute atomic E-state index is 0.0576. The lowest BCUT2D eigenvalue weighted by Gasteiger charge is -2.34. The van der Waals surface area contributed by atoms with E-state index in [1.165, 1.54) is 0 Å². The first-order valence-electron chi connectivity index (χ1n) is 11.0. The molecule has 0 aliphatic heterocycles. The van der Waals surface area contributed by atoms with Gasteiger partial charge in [-0.25, -0.2) is 4.79 Å². The van der Waals surface area contributed by atoms with Gasteiger partial charge in [0.2, 0.25) is 0 Å². The molecule has 0 saturated heterocycles. The van der Waals surface area contributed by atoms with E-state index in [0.717, 1.165) is 5.69 Å². The first-order valence-corrected chi connectivity index (χ1v) is 12.5. The van der Waals surface area contributed by atoms with E-state index in [4.69, 9.17) is 8.92 Å². The maximum absolute atomic E-state index is 12.5. The zero-order valence-corrected chi connectivity index (χ0v) is 19.5. The number of carbonyl (C=O) groups excluding carboxylic acids is 1. The number of hydrogen-bond acceptors (Lipinski definition) is 7. The second kappa shape index (κ2) is 9.84. The lowest BCUT2D eigenvalue weighted by molar-refractivity contribution is 0.0516. The molecule has 0 spiro atoms. The molecule has 0 atom stereocenters. The molecule has 0 unspecified atom stereocenters. The summed E-state index contributed by atoms with van der Waals surface area (Å²) in [4.78, 5) is 17.0. The Kier molecular flexibility index (Phi) is 6.90. The standard InChI is InChI=1S/C24H27N3O5S/c1-3-31-24(28)23-21(22-11-7-8-17(2)25-22)14-27(26-23)20-12-19(13-20)15-32-33(29,30)16-18-9-5-4-6-10-18/h4-11,14,19-20H,3,12-13,15-16H2,1-2H3. The molecular formula is C24H27N3O5S. The van der Waals surface area contributed by atoms with Crippen molar-refractivity contribution in [3.05, 3.63) is 71.7 Å². The third-order valence-electron chi connectivity index (χ3n) is 5.62. The van der Waals surface area contributed by atoms with Crippen molar-refractivity contribution in [1.29, 1.82) is 0 Å². The van der Waals surface area contributed by atoms with E-state index in [2.05, 4.69) is 10.1 Å². The van der Waals surface area contributed by atoms with Gasteiger partial charge in [-0.3, -0.25) is 13.8 Å². The molecule has 8 nitrogen and oxygen atoms in total. The van der Waals surface area contributed by atoms with Crippen LogP contribution in [0.25, 0.3) is 11.3 Å². The van der Waals surface area contributed by atoms with Crippen LogP contribution in [0.5, 0.6) is 0 Å². The van der Waals surface area contributed by atoms with Crippen molar-refractivity contribution in [2.45, 2.75) is 38.5 Å². The van der Waals surface area contributed by atoms with E-state index >= 15 is 0 Å². The van der Waals surface area contributed by atoms with Gasteiger partial charge in [0.1, 0.15) is 5.75 Å². The quantitative estimate of drug-likeness (QED) is 0.346. The van der Waals surface area contributed by atoms with Gasteiger partial charge in [-0.15, -0.1) is 0 Å². The fraction of sp³-hybridized carbons (Fsp3) is 0.375. The number of esters is 1.